The summed E-state index contributed by atoms with van der Waals surface area (Å²) in [4.78, 5) is 21.4. The molecule has 82 valence electrons. The summed E-state index contributed by atoms with van der Waals surface area (Å²) in [5, 5.41) is 11.0. The predicted octanol–water partition coefficient (Wildman–Crippen LogP) is 2.13. The molecule has 0 saturated carbocycles. The van der Waals surface area contributed by atoms with E-state index in [2.05, 4.69) is 4.74 Å². The molecule has 0 spiro atoms. The number of nitrogens with zero attached hydrogens (tertiary/aromatic N) is 1. The Labute approximate surface area is 89.6 Å². The van der Waals surface area contributed by atoms with Crippen LogP contribution in [0, 0.1) is 10.1 Å². The van der Waals surface area contributed by atoms with Gasteiger partial charge in [0.1, 0.15) is 17.4 Å². The van der Waals surface area contributed by atoms with Crippen LogP contribution in [0.4, 0.5) is 5.69 Å². The van der Waals surface area contributed by atoms with Gasteiger partial charge in [-0.2, -0.15) is 0 Å². The molecule has 2 aromatic rings. The molecular weight excluding hydrogens is 214 g/mol. The van der Waals surface area contributed by atoms with Crippen molar-refractivity contribution in [1.82, 2.24) is 0 Å². The summed E-state index contributed by atoms with van der Waals surface area (Å²) in [6, 6.07) is 4.04. The molecule has 1 aromatic heterocycles. The number of ether oxygens (including phenoxy) is 1. The normalized spacial score (nSPS) is 10.3. The van der Waals surface area contributed by atoms with E-state index in [1.165, 1.54) is 31.6 Å². The molecule has 0 atom stereocenters. The Balaban J connectivity index is 2.64. The van der Waals surface area contributed by atoms with Crippen LogP contribution in [0.1, 0.15) is 10.4 Å². The number of esters is 1. The topological polar surface area (TPSA) is 82.6 Å². The lowest BCUT2D eigenvalue weighted by atomic mass is 10.1. The van der Waals surface area contributed by atoms with Crippen molar-refractivity contribution < 1.29 is 18.9 Å². The summed E-state index contributed by atoms with van der Waals surface area (Å²) in [5.41, 5.74) is 0.492. The number of carbonyl (C=O) groups excluding carboxylic acids is 1. The van der Waals surface area contributed by atoms with Crippen molar-refractivity contribution in [1.29, 1.82) is 0 Å². The largest absolute Gasteiger partial charge is 0.465 e. The van der Waals surface area contributed by atoms with E-state index >= 15 is 0 Å². The summed E-state index contributed by atoms with van der Waals surface area (Å²) in [6.45, 7) is 0. The van der Waals surface area contributed by atoms with Crippen LogP contribution in [0.2, 0.25) is 0 Å². The molecule has 0 aliphatic rings. The van der Waals surface area contributed by atoms with Crippen LogP contribution in [0.25, 0.3) is 11.0 Å². The number of hydrogen-bond acceptors (Lipinski definition) is 5. The van der Waals surface area contributed by atoms with E-state index in [9.17, 15) is 14.9 Å². The van der Waals surface area contributed by atoms with Crippen molar-refractivity contribution in [3.63, 3.8) is 0 Å². The molecule has 0 fully saturated rings. The van der Waals surface area contributed by atoms with Crippen LogP contribution in [-0.4, -0.2) is 18.0 Å². The lowest BCUT2D eigenvalue weighted by Crippen LogP contribution is -1.99. The first-order valence-electron chi connectivity index (χ1n) is 4.37. The summed E-state index contributed by atoms with van der Waals surface area (Å²) in [6.07, 6.45) is 1.22. The van der Waals surface area contributed by atoms with Crippen LogP contribution >= 0.6 is 0 Å². The van der Waals surface area contributed by atoms with E-state index in [4.69, 9.17) is 4.42 Å². The number of methoxy groups -OCH3 is 1. The van der Waals surface area contributed by atoms with Crippen LogP contribution in [0.15, 0.2) is 28.9 Å². The maximum absolute atomic E-state index is 11.3. The third-order valence-electron chi connectivity index (χ3n) is 2.17. The molecule has 0 aliphatic carbocycles. The van der Waals surface area contributed by atoms with Crippen molar-refractivity contribution in [2.24, 2.45) is 0 Å². The first-order chi connectivity index (χ1) is 7.63. The van der Waals surface area contributed by atoms with Gasteiger partial charge in [-0.1, -0.05) is 0 Å². The van der Waals surface area contributed by atoms with Crippen LogP contribution < -0.4 is 0 Å². The number of carbonyl (C=O) groups is 1. The first-order valence-corrected chi connectivity index (χ1v) is 4.37. The van der Waals surface area contributed by atoms with Crippen molar-refractivity contribution in [2.75, 3.05) is 7.11 Å². The lowest BCUT2D eigenvalue weighted by molar-refractivity contribution is -0.384. The number of rotatable bonds is 2. The molecule has 0 bridgehead atoms. The van der Waals surface area contributed by atoms with Crippen molar-refractivity contribution >= 4 is 22.6 Å². The van der Waals surface area contributed by atoms with Crippen LogP contribution in [0.3, 0.4) is 0 Å². The predicted molar refractivity (Wildman–Crippen MR) is 54.2 cm³/mol. The van der Waals surface area contributed by atoms with Gasteiger partial charge >= 0.3 is 5.97 Å². The van der Waals surface area contributed by atoms with E-state index in [0.717, 1.165) is 0 Å². The van der Waals surface area contributed by atoms with Gasteiger partial charge in [0.25, 0.3) is 5.69 Å². The molecular formula is C10H7NO5. The van der Waals surface area contributed by atoms with Crippen molar-refractivity contribution in [3.05, 3.63) is 40.1 Å². The Morgan fingerprint density at radius 3 is 2.88 bits per heavy atom. The molecule has 0 amide bonds. The van der Waals surface area contributed by atoms with Crippen molar-refractivity contribution in [2.45, 2.75) is 0 Å². The zero-order valence-electron chi connectivity index (χ0n) is 8.30. The van der Waals surface area contributed by atoms with Crippen LogP contribution in [0.5, 0.6) is 0 Å². The molecule has 6 nitrogen and oxygen atoms in total. The molecule has 2 rings (SSSR count). The molecule has 0 radical (unpaired) electrons. The Hall–Kier alpha value is -2.37. The molecule has 0 N–H and O–H groups in total. The SMILES string of the molecule is COC(=O)c1coc2ccc([N+](=O)[O-])cc12. The maximum Gasteiger partial charge on any atom is 0.341 e. The fourth-order valence-corrected chi connectivity index (χ4v) is 1.40. The Morgan fingerprint density at radius 1 is 1.50 bits per heavy atom. The van der Waals surface area contributed by atoms with Gasteiger partial charge in [-0.25, -0.2) is 4.79 Å². The highest BCUT2D eigenvalue weighted by atomic mass is 16.6. The average Bonchev–Trinajstić information content (AvgIpc) is 2.70. The molecule has 0 saturated heterocycles. The number of nitro groups is 1. The second-order valence-corrected chi connectivity index (χ2v) is 3.08. The minimum Gasteiger partial charge on any atom is -0.465 e. The minimum atomic E-state index is -0.584. The maximum atomic E-state index is 11.3. The van der Waals surface area contributed by atoms with E-state index < -0.39 is 10.9 Å². The number of hydrogen-bond donors (Lipinski definition) is 0. The van der Waals surface area contributed by atoms with Gasteiger partial charge in [0.2, 0.25) is 0 Å². The van der Waals surface area contributed by atoms with Gasteiger partial charge in [-0.3, -0.25) is 10.1 Å². The van der Waals surface area contributed by atoms with E-state index in [1.807, 2.05) is 0 Å². The summed E-state index contributed by atoms with van der Waals surface area (Å²) < 4.78 is 9.62. The molecule has 16 heavy (non-hydrogen) atoms. The number of non-ortho nitro benzene ring substituents is 1. The second kappa shape index (κ2) is 3.65. The van der Waals surface area contributed by atoms with E-state index in [0.29, 0.717) is 11.0 Å². The van der Waals surface area contributed by atoms with Gasteiger partial charge in [-0.05, 0) is 6.07 Å². The highest BCUT2D eigenvalue weighted by Crippen LogP contribution is 2.26. The molecule has 0 aliphatic heterocycles. The quantitative estimate of drug-likeness (QED) is 0.440. The lowest BCUT2D eigenvalue weighted by Gasteiger charge is -1.95. The summed E-state index contributed by atoms with van der Waals surface area (Å²) >= 11 is 0. The standard InChI is InChI=1S/C10H7NO5/c1-15-10(12)8-5-16-9-3-2-6(11(13)14)4-7(8)9/h2-5H,1H3. The fraction of sp³-hybridized carbons (Fsp3) is 0.100. The molecule has 1 heterocycles. The van der Waals surface area contributed by atoms with Gasteiger partial charge < -0.3 is 9.15 Å². The second-order valence-electron chi connectivity index (χ2n) is 3.08. The Bertz CT molecular complexity index is 572. The zero-order valence-corrected chi connectivity index (χ0v) is 8.30. The van der Waals surface area contributed by atoms with Gasteiger partial charge in [0.05, 0.1) is 12.0 Å². The van der Waals surface area contributed by atoms with Gasteiger partial charge in [0.15, 0.2) is 0 Å². The number of fused-ring (bicyclic) bond motifs is 1. The fourth-order valence-electron chi connectivity index (χ4n) is 1.40. The number of furan rings is 1. The zero-order chi connectivity index (χ0) is 11.7. The van der Waals surface area contributed by atoms with Gasteiger partial charge in [-0.15, -0.1) is 0 Å². The van der Waals surface area contributed by atoms with E-state index in [1.54, 1.807) is 0 Å². The van der Waals surface area contributed by atoms with Crippen LogP contribution in [-0.2, 0) is 4.74 Å². The monoisotopic (exact) mass is 221 g/mol. The highest BCUT2D eigenvalue weighted by molar-refractivity contribution is 6.03. The third-order valence-corrected chi connectivity index (χ3v) is 2.17. The first kappa shape index (κ1) is 10.2. The smallest absolute Gasteiger partial charge is 0.341 e. The summed E-state index contributed by atoms with van der Waals surface area (Å²) in [7, 11) is 1.23. The number of benzene rings is 1. The molecule has 6 heteroatoms. The Morgan fingerprint density at radius 2 is 2.25 bits per heavy atom. The van der Waals surface area contributed by atoms with E-state index in [-0.39, 0.29) is 11.3 Å². The number of nitro benzene ring substituents is 1. The molecule has 0 unspecified atom stereocenters. The molecule has 1 aromatic carbocycles. The Kier molecular flexibility index (Phi) is 2.32. The average molecular weight is 221 g/mol. The minimum absolute atomic E-state index is 0.0981. The van der Waals surface area contributed by atoms with Crippen molar-refractivity contribution in [3.8, 4) is 0 Å². The highest BCUT2D eigenvalue weighted by Gasteiger charge is 2.17. The summed E-state index contributed by atoms with van der Waals surface area (Å²) in [5.74, 6) is -0.584. The van der Waals surface area contributed by atoms with Gasteiger partial charge in [0, 0.05) is 17.5 Å². The third kappa shape index (κ3) is 1.50.